The van der Waals surface area contributed by atoms with Crippen molar-refractivity contribution >= 4 is 26.9 Å². The van der Waals surface area contributed by atoms with Gasteiger partial charge in [0.15, 0.2) is 0 Å². The Morgan fingerprint density at radius 1 is 1.28 bits per heavy atom. The third-order valence-corrected chi connectivity index (χ3v) is 3.64. The van der Waals surface area contributed by atoms with Crippen LogP contribution in [0.25, 0.3) is 11.0 Å². The van der Waals surface area contributed by atoms with Crippen LogP contribution in [-0.4, -0.2) is 6.54 Å². The Bertz CT molecular complexity index is 545. The number of nitrogens with one attached hydrogen (secondary N) is 1. The molecule has 1 unspecified atom stereocenters. The van der Waals surface area contributed by atoms with Crippen LogP contribution in [-0.2, 0) is 0 Å². The highest BCUT2D eigenvalue weighted by Crippen LogP contribution is 2.31. The largest absolute Gasteiger partial charge is 0.459 e. The molecule has 1 atom stereocenters. The second-order valence-electron chi connectivity index (χ2n) is 5.07. The summed E-state index contributed by atoms with van der Waals surface area (Å²) in [6.07, 6.45) is 0. The molecule has 0 aliphatic rings. The van der Waals surface area contributed by atoms with Gasteiger partial charge >= 0.3 is 0 Å². The second-order valence-corrected chi connectivity index (χ2v) is 5.98. The summed E-state index contributed by atoms with van der Waals surface area (Å²) >= 11 is 3.53. The van der Waals surface area contributed by atoms with Crippen LogP contribution >= 0.6 is 15.9 Å². The molecule has 1 aromatic heterocycles. The Hall–Kier alpha value is -0.800. The third-order valence-electron chi connectivity index (χ3n) is 3.18. The average molecular weight is 310 g/mol. The Labute approximate surface area is 117 Å². The average Bonchev–Trinajstić information content (AvgIpc) is 2.68. The highest BCUT2D eigenvalue weighted by Gasteiger charge is 2.19. The molecule has 1 heterocycles. The van der Waals surface area contributed by atoms with Gasteiger partial charge in [-0.1, -0.05) is 36.7 Å². The van der Waals surface area contributed by atoms with Gasteiger partial charge in [0.1, 0.15) is 11.3 Å². The van der Waals surface area contributed by atoms with Gasteiger partial charge in [-0.15, -0.1) is 0 Å². The highest BCUT2D eigenvalue weighted by molar-refractivity contribution is 9.10. The molecule has 1 aromatic carbocycles. The van der Waals surface area contributed by atoms with E-state index in [9.17, 15) is 0 Å². The SMILES string of the molecule is CCNC(c1cc2cc(Br)cc(C)c2o1)C(C)C. The van der Waals surface area contributed by atoms with Crippen LogP contribution < -0.4 is 5.32 Å². The second kappa shape index (κ2) is 5.45. The minimum Gasteiger partial charge on any atom is -0.459 e. The van der Waals surface area contributed by atoms with Crippen LogP contribution in [0.4, 0.5) is 0 Å². The molecule has 0 saturated carbocycles. The van der Waals surface area contributed by atoms with Gasteiger partial charge in [-0.2, -0.15) is 0 Å². The predicted molar refractivity (Wildman–Crippen MR) is 79.9 cm³/mol. The van der Waals surface area contributed by atoms with Crippen LogP contribution in [0.5, 0.6) is 0 Å². The molecule has 0 fully saturated rings. The number of hydrogen-bond acceptors (Lipinski definition) is 2. The molecule has 98 valence electrons. The topological polar surface area (TPSA) is 25.2 Å². The highest BCUT2D eigenvalue weighted by atomic mass is 79.9. The first-order chi connectivity index (χ1) is 8.52. The summed E-state index contributed by atoms with van der Waals surface area (Å²) in [5, 5.41) is 4.65. The molecule has 0 spiro atoms. The summed E-state index contributed by atoms with van der Waals surface area (Å²) in [6, 6.07) is 6.63. The first-order valence-corrected chi connectivity index (χ1v) is 7.25. The number of halogens is 1. The van der Waals surface area contributed by atoms with E-state index in [1.54, 1.807) is 0 Å². The fraction of sp³-hybridized carbons (Fsp3) is 0.467. The van der Waals surface area contributed by atoms with Crippen molar-refractivity contribution in [2.75, 3.05) is 6.54 Å². The van der Waals surface area contributed by atoms with Gasteiger partial charge < -0.3 is 9.73 Å². The summed E-state index contributed by atoms with van der Waals surface area (Å²) in [7, 11) is 0. The monoisotopic (exact) mass is 309 g/mol. The van der Waals surface area contributed by atoms with E-state index in [2.05, 4.69) is 67.1 Å². The Kier molecular flexibility index (Phi) is 4.13. The van der Waals surface area contributed by atoms with Crippen molar-refractivity contribution in [2.45, 2.75) is 33.7 Å². The van der Waals surface area contributed by atoms with Gasteiger partial charge in [0.25, 0.3) is 0 Å². The Morgan fingerprint density at radius 3 is 2.61 bits per heavy atom. The van der Waals surface area contributed by atoms with Gasteiger partial charge in [-0.25, -0.2) is 0 Å². The lowest BCUT2D eigenvalue weighted by atomic mass is 10.0. The van der Waals surface area contributed by atoms with Gasteiger partial charge in [0, 0.05) is 9.86 Å². The van der Waals surface area contributed by atoms with Crippen LogP contribution in [0, 0.1) is 12.8 Å². The lowest BCUT2D eigenvalue weighted by molar-refractivity contribution is 0.356. The smallest absolute Gasteiger partial charge is 0.137 e. The van der Waals surface area contributed by atoms with Crippen LogP contribution in [0.2, 0.25) is 0 Å². The maximum Gasteiger partial charge on any atom is 0.137 e. The fourth-order valence-corrected chi connectivity index (χ4v) is 2.93. The molecule has 2 nitrogen and oxygen atoms in total. The fourth-order valence-electron chi connectivity index (χ4n) is 2.34. The van der Waals surface area contributed by atoms with Crippen molar-refractivity contribution in [3.63, 3.8) is 0 Å². The minimum absolute atomic E-state index is 0.278. The van der Waals surface area contributed by atoms with E-state index in [0.717, 1.165) is 22.4 Å². The number of hydrogen-bond donors (Lipinski definition) is 1. The van der Waals surface area contributed by atoms with Crippen molar-refractivity contribution in [2.24, 2.45) is 5.92 Å². The molecule has 0 aliphatic carbocycles. The zero-order chi connectivity index (χ0) is 13.3. The first-order valence-electron chi connectivity index (χ1n) is 6.46. The minimum atomic E-state index is 0.278. The van der Waals surface area contributed by atoms with Gasteiger partial charge in [-0.05, 0) is 43.1 Å². The van der Waals surface area contributed by atoms with Crippen LogP contribution in [0.3, 0.4) is 0 Å². The van der Waals surface area contributed by atoms with E-state index in [4.69, 9.17) is 4.42 Å². The van der Waals surface area contributed by atoms with Crippen molar-refractivity contribution in [3.8, 4) is 0 Å². The molecular weight excluding hydrogens is 290 g/mol. The molecule has 0 amide bonds. The van der Waals surface area contributed by atoms with Crippen LogP contribution in [0.1, 0.15) is 38.1 Å². The molecule has 1 N–H and O–H groups in total. The van der Waals surface area contributed by atoms with Gasteiger partial charge in [-0.3, -0.25) is 0 Å². The van der Waals surface area contributed by atoms with Crippen molar-refractivity contribution in [3.05, 3.63) is 34.0 Å². The zero-order valence-electron chi connectivity index (χ0n) is 11.4. The molecule has 0 radical (unpaired) electrons. The molecule has 0 bridgehead atoms. The molecule has 18 heavy (non-hydrogen) atoms. The number of aryl methyl sites for hydroxylation is 1. The summed E-state index contributed by atoms with van der Waals surface area (Å²) < 4.78 is 7.15. The zero-order valence-corrected chi connectivity index (χ0v) is 13.0. The summed E-state index contributed by atoms with van der Waals surface area (Å²) in [4.78, 5) is 0. The van der Waals surface area contributed by atoms with E-state index in [1.807, 2.05) is 0 Å². The number of benzene rings is 1. The maximum absolute atomic E-state index is 6.05. The summed E-state index contributed by atoms with van der Waals surface area (Å²) in [6.45, 7) is 9.58. The molecule has 2 aromatic rings. The van der Waals surface area contributed by atoms with Gasteiger partial charge in [0.05, 0.1) is 6.04 Å². The van der Waals surface area contributed by atoms with Crippen LogP contribution in [0.15, 0.2) is 27.1 Å². The number of rotatable bonds is 4. The van der Waals surface area contributed by atoms with E-state index < -0.39 is 0 Å². The summed E-state index contributed by atoms with van der Waals surface area (Å²) in [5.74, 6) is 1.54. The lowest BCUT2D eigenvalue weighted by Crippen LogP contribution is -2.24. The van der Waals surface area contributed by atoms with Crippen molar-refractivity contribution in [1.29, 1.82) is 0 Å². The van der Waals surface area contributed by atoms with E-state index >= 15 is 0 Å². The normalized spacial score (nSPS) is 13.4. The van der Waals surface area contributed by atoms with Crippen molar-refractivity contribution in [1.82, 2.24) is 5.32 Å². The predicted octanol–water partition coefficient (Wildman–Crippen LogP) is 4.81. The quantitative estimate of drug-likeness (QED) is 0.876. The molecule has 3 heteroatoms. The molecular formula is C15H20BrNO. The third kappa shape index (κ3) is 2.62. The molecule has 0 aliphatic heterocycles. The summed E-state index contributed by atoms with van der Waals surface area (Å²) in [5.41, 5.74) is 2.17. The van der Waals surface area contributed by atoms with Gasteiger partial charge in [0.2, 0.25) is 0 Å². The van der Waals surface area contributed by atoms with E-state index in [1.165, 1.54) is 10.9 Å². The Morgan fingerprint density at radius 2 is 2.00 bits per heavy atom. The maximum atomic E-state index is 6.05. The lowest BCUT2D eigenvalue weighted by Gasteiger charge is -2.19. The van der Waals surface area contributed by atoms with Crippen molar-refractivity contribution < 1.29 is 4.42 Å². The Balaban J connectivity index is 2.48. The van der Waals surface area contributed by atoms with E-state index in [0.29, 0.717) is 5.92 Å². The first kappa shape index (κ1) is 13.6. The number of furan rings is 1. The van der Waals surface area contributed by atoms with E-state index in [-0.39, 0.29) is 6.04 Å². The standard InChI is InChI=1S/C15H20BrNO/c1-5-17-14(9(2)3)13-8-11-7-12(16)6-10(4)15(11)18-13/h6-9,14,17H,5H2,1-4H3. The molecule has 2 rings (SSSR count). The number of fused-ring (bicyclic) bond motifs is 1. The molecule has 0 saturated heterocycles.